The highest BCUT2D eigenvalue weighted by molar-refractivity contribution is 5.78. The summed E-state index contributed by atoms with van der Waals surface area (Å²) in [4.78, 5) is 0. The minimum Gasteiger partial charge on any atom is -0.201 e. The Kier molecular flexibility index (Phi) is 3.13. The molecule has 1 aromatic heterocycles. The summed E-state index contributed by atoms with van der Waals surface area (Å²) in [5.74, 6) is 0. The van der Waals surface area contributed by atoms with E-state index in [1.54, 1.807) is 67.1 Å². The first-order valence-electron chi connectivity index (χ1n) is 14.3. The van der Waals surface area contributed by atoms with Crippen LogP contribution in [0.25, 0.3) is 33.5 Å². The minimum atomic E-state index is -2.49. The maximum Gasteiger partial charge on any atom is 0.213 e. The molecule has 1 heterocycles. The molecule has 1 heteroatoms. The van der Waals surface area contributed by atoms with Crippen LogP contribution < -0.4 is 4.57 Å². The van der Waals surface area contributed by atoms with Gasteiger partial charge in [-0.1, -0.05) is 60.2 Å². The van der Waals surface area contributed by atoms with Crippen molar-refractivity contribution in [3.05, 3.63) is 101 Å². The summed E-state index contributed by atoms with van der Waals surface area (Å²) >= 11 is 0. The zero-order chi connectivity index (χ0) is 28.9. The van der Waals surface area contributed by atoms with Gasteiger partial charge in [-0.05, 0) is 79.4 Å². The molecule has 0 spiro atoms. The van der Waals surface area contributed by atoms with Crippen LogP contribution in [-0.4, -0.2) is 0 Å². The second-order valence-corrected chi connectivity index (χ2v) is 7.72. The van der Waals surface area contributed by atoms with Crippen LogP contribution in [-0.2, 0) is 7.05 Å². The van der Waals surface area contributed by atoms with Crippen LogP contribution in [0.1, 0.15) is 40.2 Å². The van der Waals surface area contributed by atoms with Crippen molar-refractivity contribution >= 4 is 0 Å². The van der Waals surface area contributed by atoms with Gasteiger partial charge in [-0.25, -0.2) is 4.57 Å². The quantitative estimate of drug-likeness (QED) is 0.324. The second kappa shape index (κ2) is 7.91. The fourth-order valence-corrected chi connectivity index (χ4v) is 3.83. The molecular weight excluding hydrogens is 362 g/mol. The van der Waals surface area contributed by atoms with Crippen LogP contribution in [0.5, 0.6) is 0 Å². The van der Waals surface area contributed by atoms with Crippen molar-refractivity contribution in [2.45, 2.75) is 34.4 Å². The summed E-state index contributed by atoms with van der Waals surface area (Å²) in [5, 5.41) is 0. The van der Waals surface area contributed by atoms with Gasteiger partial charge in [0, 0.05) is 29.5 Å². The molecule has 0 bridgehead atoms. The van der Waals surface area contributed by atoms with Crippen molar-refractivity contribution in [1.82, 2.24) is 0 Å². The number of aromatic nitrogens is 1. The largest absolute Gasteiger partial charge is 0.213 e. The van der Waals surface area contributed by atoms with E-state index >= 15 is 0 Å². The van der Waals surface area contributed by atoms with Crippen molar-refractivity contribution in [3.63, 3.8) is 0 Å². The number of pyridine rings is 1. The summed E-state index contributed by atoms with van der Waals surface area (Å²) in [7, 11) is 1.75. The zero-order valence-corrected chi connectivity index (χ0v) is 17.4. The Labute approximate surface area is 193 Å². The Balaban J connectivity index is 2.02. The van der Waals surface area contributed by atoms with Gasteiger partial charge < -0.3 is 0 Å². The molecule has 0 atom stereocenters. The molecule has 150 valence electrons. The lowest BCUT2D eigenvalue weighted by molar-refractivity contribution is -0.660. The summed E-state index contributed by atoms with van der Waals surface area (Å²) < 4.78 is 74.6. The Hall–Kier alpha value is -3.19. The Morgan fingerprint density at radius 1 is 0.633 bits per heavy atom. The van der Waals surface area contributed by atoms with Crippen LogP contribution >= 0.6 is 0 Å². The van der Waals surface area contributed by atoms with Crippen molar-refractivity contribution in [3.8, 4) is 33.5 Å². The van der Waals surface area contributed by atoms with E-state index in [4.69, 9.17) is 12.3 Å². The molecule has 0 N–H and O–H groups in total. The lowest BCUT2D eigenvalue weighted by atomic mass is 9.92. The van der Waals surface area contributed by atoms with Gasteiger partial charge in [0.25, 0.3) is 0 Å². The van der Waals surface area contributed by atoms with Gasteiger partial charge >= 0.3 is 0 Å². The van der Waals surface area contributed by atoms with E-state index in [1.165, 1.54) is 6.20 Å². The molecule has 0 amide bonds. The minimum absolute atomic E-state index is 0.0460. The van der Waals surface area contributed by atoms with Crippen LogP contribution in [0.2, 0.25) is 0 Å². The predicted octanol–water partition coefficient (Wildman–Crippen LogP) is 7.05. The highest BCUT2D eigenvalue weighted by Gasteiger charge is 2.18. The zero-order valence-electron chi connectivity index (χ0n) is 26.4. The SMILES string of the molecule is [2H]C([2H])([2H])c1ccccc1-c1ccc(C)c(-c2cc(-c3ccc(C)cc3C([2H])([2H])[2H])c(C([2H])([2H])[2H])c[n+]2C)c1. The van der Waals surface area contributed by atoms with Gasteiger partial charge in [0.1, 0.15) is 7.05 Å². The fourth-order valence-electron chi connectivity index (χ4n) is 3.83. The number of aryl methyl sites for hydroxylation is 6. The number of benzene rings is 3. The maximum absolute atomic E-state index is 8.20. The van der Waals surface area contributed by atoms with Crippen LogP contribution in [0.4, 0.5) is 0 Å². The highest BCUT2D eigenvalue weighted by Crippen LogP contribution is 2.33. The molecule has 30 heavy (non-hydrogen) atoms. The number of hydrogen-bond acceptors (Lipinski definition) is 0. The average Bonchev–Trinajstić information content (AvgIpc) is 2.83. The van der Waals surface area contributed by atoms with E-state index in [2.05, 4.69) is 0 Å². The summed E-state index contributed by atoms with van der Waals surface area (Å²) in [6.45, 7) is -3.51. The molecule has 4 aromatic rings. The molecule has 0 fully saturated rings. The second-order valence-electron chi connectivity index (χ2n) is 7.72. The molecule has 0 aliphatic rings. The lowest BCUT2D eigenvalue weighted by Gasteiger charge is -2.14. The first-order chi connectivity index (χ1) is 18.0. The van der Waals surface area contributed by atoms with Crippen LogP contribution in [0, 0.1) is 34.4 Å². The van der Waals surface area contributed by atoms with Crippen molar-refractivity contribution < 1.29 is 16.9 Å². The number of rotatable bonds is 3. The Morgan fingerprint density at radius 2 is 1.43 bits per heavy atom. The Morgan fingerprint density at radius 3 is 2.23 bits per heavy atom. The molecule has 0 radical (unpaired) electrons. The molecular formula is C29H30N+. The van der Waals surface area contributed by atoms with Gasteiger partial charge in [0.05, 0.1) is 0 Å². The third kappa shape index (κ3) is 3.68. The van der Waals surface area contributed by atoms with E-state index in [9.17, 15) is 0 Å². The van der Waals surface area contributed by atoms with Gasteiger partial charge in [-0.15, -0.1) is 0 Å². The van der Waals surface area contributed by atoms with E-state index in [0.717, 1.165) is 16.7 Å². The van der Waals surface area contributed by atoms with Gasteiger partial charge in [-0.3, -0.25) is 0 Å². The van der Waals surface area contributed by atoms with Crippen molar-refractivity contribution in [2.75, 3.05) is 0 Å². The number of nitrogens with zero attached hydrogens (tertiary/aromatic N) is 1. The van der Waals surface area contributed by atoms with Gasteiger partial charge in [-0.2, -0.15) is 0 Å². The van der Waals surface area contributed by atoms with Crippen molar-refractivity contribution in [2.24, 2.45) is 7.05 Å². The molecule has 0 aliphatic heterocycles. The van der Waals surface area contributed by atoms with E-state index < -0.39 is 20.6 Å². The maximum atomic E-state index is 8.20. The molecule has 0 unspecified atom stereocenters. The molecule has 0 saturated heterocycles. The standard InChI is InChI=1S/C29H30N/c1-19-11-14-26(22(4)15-19)27-17-29(30(6)18-23(27)5)28-16-24(13-12-21(28)3)25-10-8-7-9-20(25)2/h7-18H,1-6H3/q+1/i2D3,4D3,5D3. The predicted molar refractivity (Wildman–Crippen MR) is 128 cm³/mol. The van der Waals surface area contributed by atoms with Crippen LogP contribution in [0.15, 0.2) is 72.9 Å². The number of hydrogen-bond donors (Lipinski definition) is 0. The normalized spacial score (nSPS) is 16.7. The highest BCUT2D eigenvalue weighted by atomic mass is 14.9. The summed E-state index contributed by atoms with van der Waals surface area (Å²) in [6.07, 6.45) is 1.53. The Bertz CT molecular complexity index is 1540. The third-order valence-electron chi connectivity index (χ3n) is 5.49. The molecule has 0 aliphatic carbocycles. The van der Waals surface area contributed by atoms with Crippen LogP contribution in [0.3, 0.4) is 0 Å². The molecule has 4 rings (SSSR count). The third-order valence-corrected chi connectivity index (χ3v) is 5.49. The summed E-state index contributed by atoms with van der Waals surface area (Å²) in [6, 6.07) is 19.3. The monoisotopic (exact) mass is 401 g/mol. The summed E-state index contributed by atoms with van der Waals surface area (Å²) in [5.41, 5.74) is 5.44. The smallest absolute Gasteiger partial charge is 0.201 e. The first-order valence-corrected chi connectivity index (χ1v) is 9.85. The average molecular weight is 402 g/mol. The van der Waals surface area contributed by atoms with Crippen molar-refractivity contribution in [1.29, 1.82) is 0 Å². The lowest BCUT2D eigenvalue weighted by Crippen LogP contribution is -2.31. The van der Waals surface area contributed by atoms with E-state index in [1.807, 2.05) is 25.1 Å². The first kappa shape index (κ1) is 11.9. The van der Waals surface area contributed by atoms with E-state index in [-0.39, 0.29) is 16.7 Å². The van der Waals surface area contributed by atoms with Gasteiger partial charge in [0.15, 0.2) is 6.20 Å². The molecule has 3 aromatic carbocycles. The molecule has 1 nitrogen and oxygen atoms in total. The molecule has 0 saturated carbocycles. The van der Waals surface area contributed by atoms with E-state index in [0.29, 0.717) is 27.9 Å². The van der Waals surface area contributed by atoms with Gasteiger partial charge in [0.2, 0.25) is 5.69 Å². The topological polar surface area (TPSA) is 3.88 Å². The fraction of sp³-hybridized carbons (Fsp3) is 0.207.